The average Bonchev–Trinajstić information content (AvgIpc) is 2.73. The van der Waals surface area contributed by atoms with Gasteiger partial charge in [-0.25, -0.2) is 8.42 Å². The Morgan fingerprint density at radius 1 is 1.47 bits per heavy atom. The zero-order valence-corrected chi connectivity index (χ0v) is 10.6. The van der Waals surface area contributed by atoms with E-state index in [2.05, 4.69) is 9.82 Å². The Bertz CT molecular complexity index is 456. The molecule has 0 saturated heterocycles. The van der Waals surface area contributed by atoms with Gasteiger partial charge in [-0.15, -0.1) is 0 Å². The lowest BCUT2D eigenvalue weighted by Gasteiger charge is -2.29. The van der Waals surface area contributed by atoms with Gasteiger partial charge in [-0.2, -0.15) is 9.82 Å². The first-order valence-corrected chi connectivity index (χ1v) is 6.63. The van der Waals surface area contributed by atoms with Crippen LogP contribution in [0.15, 0.2) is 17.3 Å². The molecule has 0 aliphatic heterocycles. The van der Waals surface area contributed by atoms with E-state index in [1.54, 1.807) is 6.92 Å². The molecule has 0 spiro atoms. The van der Waals surface area contributed by atoms with Crippen molar-refractivity contribution in [3.63, 3.8) is 0 Å². The van der Waals surface area contributed by atoms with E-state index >= 15 is 0 Å². The number of nitrogens with one attached hydrogen (secondary N) is 1. The predicted molar refractivity (Wildman–Crippen MR) is 60.7 cm³/mol. The molecule has 8 heteroatoms. The van der Waals surface area contributed by atoms with Crippen molar-refractivity contribution in [1.29, 1.82) is 0 Å². The van der Waals surface area contributed by atoms with E-state index < -0.39 is 28.8 Å². The molecule has 0 aliphatic rings. The van der Waals surface area contributed by atoms with Crippen molar-refractivity contribution in [1.82, 2.24) is 14.5 Å². The van der Waals surface area contributed by atoms with Gasteiger partial charge in [0.1, 0.15) is 0 Å². The van der Waals surface area contributed by atoms with Crippen LogP contribution in [0.2, 0.25) is 0 Å². The normalized spacial score (nSPS) is 12.9. The summed E-state index contributed by atoms with van der Waals surface area (Å²) in [6.45, 7) is 0.729. The van der Waals surface area contributed by atoms with Gasteiger partial charge in [0.2, 0.25) is 0 Å². The third-order valence-corrected chi connectivity index (χ3v) is 4.34. The standard InChI is InChI=1S/C9H17N3O4S/c1-3-9(6-13,7-14)11-17(15,16)8-4-5-10-12(8)2/h4-5,11,13-14H,3,6-7H2,1-2H3. The summed E-state index contributed by atoms with van der Waals surface area (Å²) >= 11 is 0. The minimum atomic E-state index is -3.81. The van der Waals surface area contributed by atoms with Gasteiger partial charge in [0.05, 0.1) is 24.9 Å². The van der Waals surface area contributed by atoms with Crippen LogP contribution in [0.25, 0.3) is 0 Å². The van der Waals surface area contributed by atoms with E-state index in [1.807, 2.05) is 0 Å². The van der Waals surface area contributed by atoms with Crippen LogP contribution >= 0.6 is 0 Å². The molecule has 0 radical (unpaired) electrons. The van der Waals surface area contributed by atoms with Crippen LogP contribution in [-0.4, -0.2) is 47.2 Å². The second-order valence-corrected chi connectivity index (χ2v) is 5.48. The van der Waals surface area contributed by atoms with Gasteiger partial charge in [-0.1, -0.05) is 6.92 Å². The maximum Gasteiger partial charge on any atom is 0.258 e. The molecular weight excluding hydrogens is 246 g/mol. The highest BCUT2D eigenvalue weighted by Crippen LogP contribution is 2.15. The maximum atomic E-state index is 12.0. The Balaban J connectivity index is 3.05. The Kier molecular flexibility index (Phi) is 4.26. The van der Waals surface area contributed by atoms with Crippen LogP contribution in [0.5, 0.6) is 0 Å². The lowest BCUT2D eigenvalue weighted by Crippen LogP contribution is -2.53. The third-order valence-electron chi connectivity index (χ3n) is 2.68. The lowest BCUT2D eigenvalue weighted by molar-refractivity contribution is 0.105. The van der Waals surface area contributed by atoms with Gasteiger partial charge < -0.3 is 10.2 Å². The van der Waals surface area contributed by atoms with Gasteiger partial charge in [0.15, 0.2) is 5.03 Å². The molecule has 1 rings (SSSR count). The molecule has 0 saturated carbocycles. The van der Waals surface area contributed by atoms with Crippen molar-refractivity contribution < 1.29 is 18.6 Å². The summed E-state index contributed by atoms with van der Waals surface area (Å²) in [4.78, 5) is 0. The summed E-state index contributed by atoms with van der Waals surface area (Å²) in [5, 5.41) is 22.1. The lowest BCUT2D eigenvalue weighted by atomic mass is 10.0. The summed E-state index contributed by atoms with van der Waals surface area (Å²) < 4.78 is 27.5. The summed E-state index contributed by atoms with van der Waals surface area (Å²) in [7, 11) is -2.31. The minimum absolute atomic E-state index is 0.0165. The van der Waals surface area contributed by atoms with E-state index in [0.29, 0.717) is 0 Å². The molecule has 1 heterocycles. The smallest absolute Gasteiger partial charge is 0.258 e. The molecular formula is C9H17N3O4S. The molecule has 0 amide bonds. The SMILES string of the molecule is CCC(CO)(CO)NS(=O)(=O)c1ccnn1C. The molecule has 0 aromatic carbocycles. The molecule has 0 unspecified atom stereocenters. The number of hydrogen-bond acceptors (Lipinski definition) is 5. The number of nitrogens with zero attached hydrogens (tertiary/aromatic N) is 2. The van der Waals surface area contributed by atoms with E-state index in [9.17, 15) is 18.6 Å². The Morgan fingerprint density at radius 2 is 2.06 bits per heavy atom. The fourth-order valence-electron chi connectivity index (χ4n) is 1.37. The summed E-state index contributed by atoms with van der Waals surface area (Å²) in [6, 6.07) is 1.34. The highest BCUT2D eigenvalue weighted by Gasteiger charge is 2.33. The zero-order chi connectivity index (χ0) is 13.1. The maximum absolute atomic E-state index is 12.0. The van der Waals surface area contributed by atoms with Crippen LogP contribution in [0.4, 0.5) is 0 Å². The molecule has 0 fully saturated rings. The average molecular weight is 263 g/mol. The first-order valence-electron chi connectivity index (χ1n) is 5.14. The molecule has 0 bridgehead atoms. The quantitative estimate of drug-likeness (QED) is 0.600. The monoisotopic (exact) mass is 263 g/mol. The Morgan fingerprint density at radius 3 is 2.41 bits per heavy atom. The molecule has 17 heavy (non-hydrogen) atoms. The van der Waals surface area contributed by atoms with Crippen molar-refractivity contribution in [2.45, 2.75) is 23.9 Å². The molecule has 1 aromatic heterocycles. The van der Waals surface area contributed by atoms with E-state index in [-0.39, 0.29) is 11.4 Å². The number of aromatic nitrogens is 2. The molecule has 0 aliphatic carbocycles. The van der Waals surface area contributed by atoms with Gasteiger partial charge in [-0.3, -0.25) is 4.68 Å². The van der Waals surface area contributed by atoms with Crippen molar-refractivity contribution >= 4 is 10.0 Å². The second kappa shape index (κ2) is 5.13. The number of rotatable bonds is 6. The van der Waals surface area contributed by atoms with Crippen molar-refractivity contribution in [2.24, 2.45) is 7.05 Å². The largest absolute Gasteiger partial charge is 0.394 e. The minimum Gasteiger partial charge on any atom is -0.394 e. The molecule has 98 valence electrons. The number of sulfonamides is 1. The topological polar surface area (TPSA) is 104 Å². The molecule has 1 aromatic rings. The molecule has 7 nitrogen and oxygen atoms in total. The number of aliphatic hydroxyl groups is 2. The van der Waals surface area contributed by atoms with Crippen molar-refractivity contribution in [3.8, 4) is 0 Å². The zero-order valence-electron chi connectivity index (χ0n) is 9.79. The summed E-state index contributed by atoms with van der Waals surface area (Å²) in [5.74, 6) is 0. The van der Waals surface area contributed by atoms with E-state index in [1.165, 1.54) is 24.0 Å². The second-order valence-electron chi connectivity index (χ2n) is 3.85. The highest BCUT2D eigenvalue weighted by atomic mass is 32.2. The van der Waals surface area contributed by atoms with Crippen LogP contribution in [0, 0.1) is 0 Å². The van der Waals surface area contributed by atoms with Gasteiger partial charge in [-0.05, 0) is 12.5 Å². The van der Waals surface area contributed by atoms with Crippen molar-refractivity contribution in [3.05, 3.63) is 12.3 Å². The number of aryl methyl sites for hydroxylation is 1. The van der Waals surface area contributed by atoms with Crippen LogP contribution in [0.1, 0.15) is 13.3 Å². The van der Waals surface area contributed by atoms with Gasteiger partial charge in [0.25, 0.3) is 10.0 Å². The fourth-order valence-corrected chi connectivity index (χ4v) is 2.96. The van der Waals surface area contributed by atoms with Gasteiger partial charge >= 0.3 is 0 Å². The Labute approximate surface area is 100 Å². The number of hydrogen-bond donors (Lipinski definition) is 3. The summed E-state index contributed by atoms with van der Waals surface area (Å²) in [5.41, 5.74) is -1.25. The third kappa shape index (κ3) is 2.83. The van der Waals surface area contributed by atoms with Crippen LogP contribution < -0.4 is 4.72 Å². The van der Waals surface area contributed by atoms with Crippen LogP contribution in [-0.2, 0) is 17.1 Å². The molecule has 0 atom stereocenters. The molecule has 3 N–H and O–H groups in total. The van der Waals surface area contributed by atoms with Gasteiger partial charge in [0, 0.05) is 7.05 Å². The summed E-state index contributed by atoms with van der Waals surface area (Å²) in [6.07, 6.45) is 1.64. The first kappa shape index (κ1) is 14.1. The number of aliphatic hydroxyl groups excluding tert-OH is 2. The van der Waals surface area contributed by atoms with E-state index in [0.717, 1.165) is 0 Å². The Hall–Kier alpha value is -0.960. The van der Waals surface area contributed by atoms with Crippen molar-refractivity contribution in [2.75, 3.05) is 13.2 Å². The fraction of sp³-hybridized carbons (Fsp3) is 0.667. The van der Waals surface area contributed by atoms with Crippen LogP contribution in [0.3, 0.4) is 0 Å². The first-order chi connectivity index (χ1) is 7.90. The highest BCUT2D eigenvalue weighted by molar-refractivity contribution is 7.89. The van der Waals surface area contributed by atoms with E-state index in [4.69, 9.17) is 0 Å². The predicted octanol–water partition coefficient (Wildman–Crippen LogP) is -1.17.